The van der Waals surface area contributed by atoms with Crippen LogP contribution in [0.2, 0.25) is 0 Å². The summed E-state index contributed by atoms with van der Waals surface area (Å²) in [4.78, 5) is 0. The van der Waals surface area contributed by atoms with E-state index in [0.717, 1.165) is 37.2 Å². The standard InChI is InChI=1S/C14H22N2O2/c1-2-18-14-7-11(15)6-12(8-14)16-9-10-3-4-13(17)5-10/h6-8,10,13,16-17H,2-5,9,15H2,1H3. The molecule has 0 saturated heterocycles. The van der Waals surface area contributed by atoms with E-state index in [0.29, 0.717) is 18.2 Å². The lowest BCUT2D eigenvalue weighted by atomic mass is 10.1. The predicted molar refractivity (Wildman–Crippen MR) is 73.9 cm³/mol. The number of nitrogen functional groups attached to an aromatic ring is 1. The summed E-state index contributed by atoms with van der Waals surface area (Å²) in [5.74, 6) is 1.35. The average Bonchev–Trinajstić information content (AvgIpc) is 2.72. The third-order valence-corrected chi connectivity index (χ3v) is 3.35. The molecule has 0 radical (unpaired) electrons. The first-order chi connectivity index (χ1) is 8.67. The maximum atomic E-state index is 9.49. The fraction of sp³-hybridized carbons (Fsp3) is 0.571. The number of hydrogen-bond donors (Lipinski definition) is 3. The van der Waals surface area contributed by atoms with Crippen LogP contribution >= 0.6 is 0 Å². The van der Waals surface area contributed by atoms with Crippen molar-refractivity contribution < 1.29 is 9.84 Å². The minimum atomic E-state index is -0.114. The van der Waals surface area contributed by atoms with Crippen LogP contribution < -0.4 is 15.8 Å². The van der Waals surface area contributed by atoms with Gasteiger partial charge in [0.05, 0.1) is 12.7 Å². The number of nitrogens with one attached hydrogen (secondary N) is 1. The van der Waals surface area contributed by atoms with Crippen LogP contribution in [0.3, 0.4) is 0 Å². The third kappa shape index (κ3) is 3.53. The minimum Gasteiger partial charge on any atom is -0.494 e. The molecule has 1 fully saturated rings. The van der Waals surface area contributed by atoms with E-state index in [1.165, 1.54) is 0 Å². The summed E-state index contributed by atoms with van der Waals surface area (Å²) in [5, 5.41) is 12.9. The molecule has 100 valence electrons. The van der Waals surface area contributed by atoms with Crippen LogP contribution in [-0.4, -0.2) is 24.4 Å². The van der Waals surface area contributed by atoms with Gasteiger partial charge in [-0.1, -0.05) is 0 Å². The number of hydrogen-bond acceptors (Lipinski definition) is 4. The fourth-order valence-corrected chi connectivity index (χ4v) is 2.47. The molecule has 2 unspecified atom stereocenters. The lowest BCUT2D eigenvalue weighted by Crippen LogP contribution is -2.12. The molecule has 0 bridgehead atoms. The van der Waals surface area contributed by atoms with Gasteiger partial charge in [-0.15, -0.1) is 0 Å². The molecule has 0 amide bonds. The average molecular weight is 250 g/mol. The predicted octanol–water partition coefficient (Wildman–Crippen LogP) is 2.24. The second-order valence-corrected chi connectivity index (χ2v) is 4.94. The van der Waals surface area contributed by atoms with Crippen molar-refractivity contribution in [3.8, 4) is 5.75 Å². The first-order valence-corrected chi connectivity index (χ1v) is 6.62. The van der Waals surface area contributed by atoms with E-state index in [1.807, 2.05) is 25.1 Å². The monoisotopic (exact) mass is 250 g/mol. The molecule has 2 rings (SSSR count). The molecule has 4 N–H and O–H groups in total. The molecule has 0 heterocycles. The highest BCUT2D eigenvalue weighted by molar-refractivity contribution is 5.59. The van der Waals surface area contributed by atoms with Crippen molar-refractivity contribution in [1.82, 2.24) is 0 Å². The molecular weight excluding hydrogens is 228 g/mol. The van der Waals surface area contributed by atoms with Gasteiger partial charge in [-0.3, -0.25) is 0 Å². The number of aliphatic hydroxyl groups is 1. The molecule has 4 heteroatoms. The summed E-state index contributed by atoms with van der Waals surface area (Å²) in [7, 11) is 0. The number of aliphatic hydroxyl groups excluding tert-OH is 1. The van der Waals surface area contributed by atoms with E-state index in [-0.39, 0.29) is 6.10 Å². The van der Waals surface area contributed by atoms with Gasteiger partial charge in [-0.2, -0.15) is 0 Å². The maximum Gasteiger partial charge on any atom is 0.123 e. The first-order valence-electron chi connectivity index (χ1n) is 6.62. The number of ether oxygens (including phenoxy) is 1. The summed E-state index contributed by atoms with van der Waals surface area (Å²) in [5.41, 5.74) is 7.53. The van der Waals surface area contributed by atoms with Gasteiger partial charge in [0.15, 0.2) is 0 Å². The van der Waals surface area contributed by atoms with E-state index >= 15 is 0 Å². The molecule has 18 heavy (non-hydrogen) atoms. The van der Waals surface area contributed by atoms with E-state index < -0.39 is 0 Å². The van der Waals surface area contributed by atoms with Crippen molar-refractivity contribution >= 4 is 11.4 Å². The van der Waals surface area contributed by atoms with Crippen molar-refractivity contribution in [3.63, 3.8) is 0 Å². The zero-order valence-corrected chi connectivity index (χ0v) is 10.9. The molecule has 2 atom stereocenters. The van der Waals surface area contributed by atoms with Gasteiger partial charge >= 0.3 is 0 Å². The van der Waals surface area contributed by atoms with Crippen molar-refractivity contribution in [1.29, 1.82) is 0 Å². The van der Waals surface area contributed by atoms with Crippen molar-refractivity contribution in [2.45, 2.75) is 32.3 Å². The first kappa shape index (κ1) is 13.0. The lowest BCUT2D eigenvalue weighted by molar-refractivity contribution is 0.178. The van der Waals surface area contributed by atoms with E-state index in [2.05, 4.69) is 5.32 Å². The summed E-state index contributed by atoms with van der Waals surface area (Å²) in [6.07, 6.45) is 2.80. The van der Waals surface area contributed by atoms with Gasteiger partial charge in [0.2, 0.25) is 0 Å². The highest BCUT2D eigenvalue weighted by Gasteiger charge is 2.22. The minimum absolute atomic E-state index is 0.114. The Morgan fingerprint density at radius 3 is 2.89 bits per heavy atom. The largest absolute Gasteiger partial charge is 0.494 e. The lowest BCUT2D eigenvalue weighted by Gasteiger charge is -2.14. The second kappa shape index (κ2) is 5.96. The van der Waals surface area contributed by atoms with Crippen LogP contribution in [0.1, 0.15) is 26.2 Å². The van der Waals surface area contributed by atoms with E-state index in [1.54, 1.807) is 0 Å². The van der Waals surface area contributed by atoms with Gasteiger partial charge < -0.3 is 20.9 Å². The normalized spacial score (nSPS) is 23.0. The molecule has 1 aromatic rings. The Morgan fingerprint density at radius 1 is 1.39 bits per heavy atom. The van der Waals surface area contributed by atoms with Crippen LogP contribution in [0.25, 0.3) is 0 Å². The van der Waals surface area contributed by atoms with Gasteiger partial charge in [0.1, 0.15) is 5.75 Å². The molecule has 4 nitrogen and oxygen atoms in total. The van der Waals surface area contributed by atoms with E-state index in [4.69, 9.17) is 10.5 Å². The highest BCUT2D eigenvalue weighted by atomic mass is 16.5. The van der Waals surface area contributed by atoms with Crippen molar-refractivity contribution in [2.24, 2.45) is 5.92 Å². The Bertz CT molecular complexity index is 395. The molecular formula is C14H22N2O2. The van der Waals surface area contributed by atoms with Crippen LogP contribution in [0.5, 0.6) is 5.75 Å². The second-order valence-electron chi connectivity index (χ2n) is 4.94. The van der Waals surface area contributed by atoms with Gasteiger partial charge in [0.25, 0.3) is 0 Å². The fourth-order valence-electron chi connectivity index (χ4n) is 2.47. The Kier molecular flexibility index (Phi) is 4.31. The zero-order chi connectivity index (χ0) is 13.0. The number of rotatable bonds is 5. The van der Waals surface area contributed by atoms with Crippen LogP contribution in [0.4, 0.5) is 11.4 Å². The summed E-state index contributed by atoms with van der Waals surface area (Å²) >= 11 is 0. The molecule has 0 spiro atoms. The Morgan fingerprint density at radius 2 is 2.22 bits per heavy atom. The van der Waals surface area contributed by atoms with Gasteiger partial charge in [-0.05, 0) is 38.2 Å². The molecule has 1 saturated carbocycles. The SMILES string of the molecule is CCOc1cc(N)cc(NCC2CCC(O)C2)c1. The Labute approximate surface area is 108 Å². The Hall–Kier alpha value is -1.42. The molecule has 0 aliphatic heterocycles. The van der Waals surface area contributed by atoms with Crippen LogP contribution in [-0.2, 0) is 0 Å². The quantitative estimate of drug-likeness (QED) is 0.701. The molecule has 1 aromatic carbocycles. The number of benzene rings is 1. The smallest absolute Gasteiger partial charge is 0.123 e. The maximum absolute atomic E-state index is 9.49. The zero-order valence-electron chi connectivity index (χ0n) is 10.9. The molecule has 1 aliphatic rings. The third-order valence-electron chi connectivity index (χ3n) is 3.35. The summed E-state index contributed by atoms with van der Waals surface area (Å²) in [6.45, 7) is 3.47. The number of nitrogens with two attached hydrogens (primary N) is 1. The summed E-state index contributed by atoms with van der Waals surface area (Å²) in [6, 6.07) is 5.70. The van der Waals surface area contributed by atoms with Crippen LogP contribution in [0.15, 0.2) is 18.2 Å². The summed E-state index contributed by atoms with van der Waals surface area (Å²) < 4.78 is 5.46. The van der Waals surface area contributed by atoms with Gasteiger partial charge in [-0.25, -0.2) is 0 Å². The highest BCUT2D eigenvalue weighted by Crippen LogP contribution is 2.27. The van der Waals surface area contributed by atoms with Crippen molar-refractivity contribution in [2.75, 3.05) is 24.2 Å². The molecule has 1 aliphatic carbocycles. The molecule has 0 aromatic heterocycles. The number of anilines is 2. The van der Waals surface area contributed by atoms with Crippen molar-refractivity contribution in [3.05, 3.63) is 18.2 Å². The van der Waals surface area contributed by atoms with E-state index in [9.17, 15) is 5.11 Å². The van der Waals surface area contributed by atoms with Gasteiger partial charge in [0, 0.05) is 30.1 Å². The topological polar surface area (TPSA) is 67.5 Å². The Balaban J connectivity index is 1.92. The van der Waals surface area contributed by atoms with Crippen LogP contribution in [0, 0.1) is 5.92 Å².